The lowest BCUT2D eigenvalue weighted by Crippen LogP contribution is -2.25. The van der Waals surface area contributed by atoms with Crippen molar-refractivity contribution in [2.24, 2.45) is 5.73 Å². The number of methoxy groups -OCH3 is 1. The number of carbonyl (C=O) groups is 1. The third kappa shape index (κ3) is 2.98. The summed E-state index contributed by atoms with van der Waals surface area (Å²) in [5.41, 5.74) is 7.09. The van der Waals surface area contributed by atoms with Crippen LogP contribution in [0.15, 0.2) is 12.1 Å². The average Bonchev–Trinajstić information content (AvgIpc) is 2.76. The molecule has 1 amide bonds. The van der Waals surface area contributed by atoms with Crippen LogP contribution in [0.2, 0.25) is 0 Å². The maximum absolute atomic E-state index is 10.7. The van der Waals surface area contributed by atoms with Gasteiger partial charge < -0.3 is 19.9 Å². The third-order valence-corrected chi connectivity index (χ3v) is 3.33. The van der Waals surface area contributed by atoms with Gasteiger partial charge in [-0.2, -0.15) is 0 Å². The third-order valence-electron chi connectivity index (χ3n) is 3.33. The van der Waals surface area contributed by atoms with Gasteiger partial charge in [0.05, 0.1) is 7.11 Å². The van der Waals surface area contributed by atoms with Crippen molar-refractivity contribution in [2.45, 2.75) is 38.7 Å². The number of fused-ring (bicyclic) bond motifs is 1. The monoisotopic (exact) mass is 279 g/mol. The molecular formula is C15H21NO4. The van der Waals surface area contributed by atoms with Crippen LogP contribution in [0.1, 0.15) is 31.9 Å². The molecule has 0 spiro atoms. The number of hydrogen-bond acceptors (Lipinski definition) is 4. The van der Waals surface area contributed by atoms with Gasteiger partial charge in [-0.15, -0.1) is 0 Å². The fraction of sp³-hybridized carbons (Fsp3) is 0.533. The van der Waals surface area contributed by atoms with Crippen molar-refractivity contribution in [3.05, 3.63) is 23.3 Å². The van der Waals surface area contributed by atoms with E-state index in [4.69, 9.17) is 19.9 Å². The summed E-state index contributed by atoms with van der Waals surface area (Å²) in [5, 5.41) is 0. The first-order valence-corrected chi connectivity index (χ1v) is 6.61. The van der Waals surface area contributed by atoms with E-state index in [0.29, 0.717) is 6.42 Å². The second-order valence-electron chi connectivity index (χ2n) is 5.99. The Morgan fingerprint density at radius 1 is 1.45 bits per heavy atom. The maximum atomic E-state index is 10.7. The van der Waals surface area contributed by atoms with Gasteiger partial charge >= 0.3 is 6.09 Å². The summed E-state index contributed by atoms with van der Waals surface area (Å²) >= 11 is 0. The van der Waals surface area contributed by atoms with E-state index < -0.39 is 6.09 Å². The second-order valence-corrected chi connectivity index (χ2v) is 5.99. The van der Waals surface area contributed by atoms with Crippen LogP contribution in [-0.4, -0.2) is 25.9 Å². The molecular weight excluding hydrogens is 258 g/mol. The summed E-state index contributed by atoms with van der Waals surface area (Å²) in [6.07, 6.45) is -0.285. The molecule has 1 aromatic carbocycles. The molecule has 2 N–H and O–H groups in total. The molecule has 5 nitrogen and oxygen atoms in total. The van der Waals surface area contributed by atoms with E-state index in [1.165, 1.54) is 0 Å². The molecule has 0 bridgehead atoms. The highest BCUT2D eigenvalue weighted by molar-refractivity contribution is 5.64. The zero-order chi connectivity index (χ0) is 14.9. The zero-order valence-corrected chi connectivity index (χ0v) is 12.4. The fourth-order valence-corrected chi connectivity index (χ4v) is 2.35. The molecule has 1 aliphatic heterocycles. The van der Waals surface area contributed by atoms with Crippen molar-refractivity contribution in [1.82, 2.24) is 0 Å². The minimum Gasteiger partial charge on any atom is -0.497 e. The molecule has 0 saturated carbocycles. The van der Waals surface area contributed by atoms with Gasteiger partial charge in [-0.05, 0) is 17.5 Å². The van der Waals surface area contributed by atoms with Gasteiger partial charge in [-0.25, -0.2) is 4.79 Å². The Kier molecular flexibility index (Phi) is 3.79. The molecule has 0 saturated heterocycles. The Balaban J connectivity index is 2.28. The van der Waals surface area contributed by atoms with Crippen molar-refractivity contribution in [3.63, 3.8) is 0 Å². The lowest BCUT2D eigenvalue weighted by atomic mass is 9.85. The van der Waals surface area contributed by atoms with Crippen LogP contribution in [0.25, 0.3) is 0 Å². The molecule has 20 heavy (non-hydrogen) atoms. The Morgan fingerprint density at radius 2 is 2.15 bits per heavy atom. The first-order chi connectivity index (χ1) is 9.31. The van der Waals surface area contributed by atoms with Crippen molar-refractivity contribution in [2.75, 3.05) is 13.7 Å². The predicted octanol–water partition coefficient (Wildman–Crippen LogP) is 2.39. The molecule has 0 aromatic heterocycles. The SMILES string of the molecule is COc1cc2c(c(C(C)(C)C)c1)OC(COC(N)=O)C2. The first kappa shape index (κ1) is 14.5. The van der Waals surface area contributed by atoms with Gasteiger partial charge in [0.25, 0.3) is 0 Å². The van der Waals surface area contributed by atoms with Gasteiger partial charge in [-0.1, -0.05) is 20.8 Å². The van der Waals surface area contributed by atoms with Crippen LogP contribution in [-0.2, 0) is 16.6 Å². The van der Waals surface area contributed by atoms with Gasteiger partial charge in [0.1, 0.15) is 24.2 Å². The lowest BCUT2D eigenvalue weighted by molar-refractivity contribution is 0.0980. The molecule has 1 aliphatic rings. The van der Waals surface area contributed by atoms with E-state index in [0.717, 1.165) is 22.6 Å². The van der Waals surface area contributed by atoms with Gasteiger partial charge in [-0.3, -0.25) is 0 Å². The molecule has 1 aromatic rings. The topological polar surface area (TPSA) is 70.8 Å². The quantitative estimate of drug-likeness (QED) is 0.922. The van der Waals surface area contributed by atoms with Crippen LogP contribution >= 0.6 is 0 Å². The van der Waals surface area contributed by atoms with Crippen LogP contribution in [0.4, 0.5) is 4.79 Å². The molecule has 1 heterocycles. The Morgan fingerprint density at radius 3 is 2.70 bits per heavy atom. The summed E-state index contributed by atoms with van der Waals surface area (Å²) in [6, 6.07) is 3.96. The smallest absolute Gasteiger partial charge is 0.404 e. The van der Waals surface area contributed by atoms with E-state index in [1.807, 2.05) is 12.1 Å². The molecule has 1 unspecified atom stereocenters. The van der Waals surface area contributed by atoms with Crippen molar-refractivity contribution in [3.8, 4) is 11.5 Å². The summed E-state index contributed by atoms with van der Waals surface area (Å²) in [5.74, 6) is 1.69. The second kappa shape index (κ2) is 5.23. The summed E-state index contributed by atoms with van der Waals surface area (Å²) in [7, 11) is 1.65. The van der Waals surface area contributed by atoms with Gasteiger partial charge in [0, 0.05) is 17.5 Å². The standard InChI is InChI=1S/C15H21NO4/c1-15(2,3)12-7-10(18-4)5-9-6-11(20-13(9)12)8-19-14(16)17/h5,7,11H,6,8H2,1-4H3,(H2,16,17). The number of hydrogen-bond donors (Lipinski definition) is 1. The van der Waals surface area contributed by atoms with Crippen LogP contribution in [0.5, 0.6) is 11.5 Å². The highest BCUT2D eigenvalue weighted by Crippen LogP contribution is 2.41. The van der Waals surface area contributed by atoms with E-state index in [1.54, 1.807) is 7.11 Å². The molecule has 2 rings (SSSR count). The number of primary amides is 1. The van der Waals surface area contributed by atoms with Crippen molar-refractivity contribution >= 4 is 6.09 Å². The number of amides is 1. The van der Waals surface area contributed by atoms with Crippen molar-refractivity contribution < 1.29 is 19.0 Å². The highest BCUT2D eigenvalue weighted by Gasteiger charge is 2.31. The molecule has 0 radical (unpaired) electrons. The maximum Gasteiger partial charge on any atom is 0.404 e. The van der Waals surface area contributed by atoms with E-state index in [9.17, 15) is 4.79 Å². The van der Waals surface area contributed by atoms with E-state index in [2.05, 4.69) is 20.8 Å². The molecule has 5 heteroatoms. The lowest BCUT2D eigenvalue weighted by Gasteiger charge is -2.23. The minimum atomic E-state index is -0.779. The first-order valence-electron chi connectivity index (χ1n) is 6.61. The highest BCUT2D eigenvalue weighted by atomic mass is 16.6. The number of benzene rings is 1. The normalized spacial score (nSPS) is 17.3. The summed E-state index contributed by atoms with van der Waals surface area (Å²) < 4.78 is 16.1. The number of nitrogens with two attached hydrogens (primary N) is 1. The summed E-state index contributed by atoms with van der Waals surface area (Å²) in [4.78, 5) is 10.7. The van der Waals surface area contributed by atoms with Gasteiger partial charge in [0.15, 0.2) is 0 Å². The number of rotatable bonds is 3. The summed E-state index contributed by atoms with van der Waals surface area (Å²) in [6.45, 7) is 6.53. The largest absolute Gasteiger partial charge is 0.497 e. The molecule has 0 aliphatic carbocycles. The predicted molar refractivity (Wildman–Crippen MR) is 75.3 cm³/mol. The average molecular weight is 279 g/mol. The van der Waals surface area contributed by atoms with Crippen molar-refractivity contribution in [1.29, 1.82) is 0 Å². The van der Waals surface area contributed by atoms with E-state index in [-0.39, 0.29) is 18.1 Å². The zero-order valence-electron chi connectivity index (χ0n) is 12.4. The van der Waals surface area contributed by atoms with Crippen LogP contribution in [0.3, 0.4) is 0 Å². The minimum absolute atomic E-state index is 0.0575. The molecule has 110 valence electrons. The van der Waals surface area contributed by atoms with Gasteiger partial charge in [0.2, 0.25) is 0 Å². The Hall–Kier alpha value is -1.91. The Labute approximate surface area is 119 Å². The number of carbonyl (C=O) groups excluding carboxylic acids is 1. The van der Waals surface area contributed by atoms with Crippen LogP contribution < -0.4 is 15.2 Å². The fourth-order valence-electron chi connectivity index (χ4n) is 2.35. The van der Waals surface area contributed by atoms with E-state index >= 15 is 0 Å². The number of ether oxygens (including phenoxy) is 3. The molecule has 0 fully saturated rings. The molecule has 1 atom stereocenters. The van der Waals surface area contributed by atoms with Crippen LogP contribution in [0, 0.1) is 0 Å². The Bertz CT molecular complexity index is 519.